The van der Waals surface area contributed by atoms with Crippen molar-refractivity contribution < 1.29 is 19.1 Å². The minimum absolute atomic E-state index is 0.281. The fourth-order valence-electron chi connectivity index (χ4n) is 2.23. The number of rotatable bonds is 5. The number of anilines is 2. The van der Waals surface area contributed by atoms with Crippen LogP contribution in [0.15, 0.2) is 42.6 Å². The average Bonchev–Trinajstić information content (AvgIpc) is 2.55. The Balaban J connectivity index is 1.86. The maximum atomic E-state index is 11.0. The molecule has 0 fully saturated rings. The Kier molecular flexibility index (Phi) is 4.44. The van der Waals surface area contributed by atoms with E-state index in [1.807, 2.05) is 6.07 Å². The Bertz CT molecular complexity index is 911. The van der Waals surface area contributed by atoms with E-state index in [9.17, 15) is 4.57 Å². The largest absolute Gasteiger partial charge is 0.481 e. The SMILES string of the molecule is COc1ccc2c(Nc3ccc(CP(=O)(O)O)cc3)cnnc2n1. The number of nitrogens with zero attached hydrogens (tertiary/aromatic N) is 3. The van der Waals surface area contributed by atoms with E-state index in [1.165, 1.54) is 7.11 Å². The Labute approximate surface area is 137 Å². The molecule has 0 spiro atoms. The van der Waals surface area contributed by atoms with E-state index in [1.54, 1.807) is 36.5 Å². The van der Waals surface area contributed by atoms with Crippen LogP contribution < -0.4 is 10.1 Å². The summed E-state index contributed by atoms with van der Waals surface area (Å²) < 4.78 is 16.1. The molecule has 8 nitrogen and oxygen atoms in total. The molecule has 0 bridgehead atoms. The highest BCUT2D eigenvalue weighted by Gasteiger charge is 2.13. The molecule has 0 radical (unpaired) electrons. The number of ether oxygens (including phenoxy) is 1. The summed E-state index contributed by atoms with van der Waals surface area (Å²) in [6.45, 7) is 0. The summed E-state index contributed by atoms with van der Waals surface area (Å²) in [6.07, 6.45) is 1.30. The molecule has 9 heteroatoms. The normalized spacial score (nSPS) is 11.5. The monoisotopic (exact) mass is 346 g/mol. The van der Waals surface area contributed by atoms with Gasteiger partial charge in [0.1, 0.15) is 0 Å². The first-order valence-corrected chi connectivity index (χ1v) is 8.81. The maximum Gasteiger partial charge on any atom is 0.329 e. The van der Waals surface area contributed by atoms with Crippen LogP contribution in [0.3, 0.4) is 0 Å². The zero-order chi connectivity index (χ0) is 17.2. The highest BCUT2D eigenvalue weighted by atomic mass is 31.2. The zero-order valence-corrected chi connectivity index (χ0v) is 13.6. The molecule has 0 aliphatic heterocycles. The molecule has 2 heterocycles. The second kappa shape index (κ2) is 6.52. The maximum absolute atomic E-state index is 11.0. The molecule has 124 valence electrons. The van der Waals surface area contributed by atoms with Gasteiger partial charge >= 0.3 is 7.60 Å². The van der Waals surface area contributed by atoms with Gasteiger partial charge in [0.2, 0.25) is 5.88 Å². The fourth-order valence-corrected chi connectivity index (χ4v) is 2.91. The van der Waals surface area contributed by atoms with Crippen LogP contribution in [0.2, 0.25) is 0 Å². The van der Waals surface area contributed by atoms with Gasteiger partial charge in [-0.2, -0.15) is 10.1 Å². The summed E-state index contributed by atoms with van der Waals surface area (Å²) in [6, 6.07) is 10.4. The lowest BCUT2D eigenvalue weighted by Gasteiger charge is -2.10. The van der Waals surface area contributed by atoms with Crippen molar-refractivity contribution in [2.75, 3.05) is 12.4 Å². The minimum atomic E-state index is -4.07. The van der Waals surface area contributed by atoms with E-state index in [-0.39, 0.29) is 6.16 Å². The molecule has 2 aromatic heterocycles. The molecule has 3 aromatic rings. The van der Waals surface area contributed by atoms with Gasteiger partial charge in [-0.1, -0.05) is 12.1 Å². The third-order valence-electron chi connectivity index (χ3n) is 3.31. The summed E-state index contributed by atoms with van der Waals surface area (Å²) in [4.78, 5) is 22.2. The lowest BCUT2D eigenvalue weighted by molar-refractivity contribution is 0.371. The number of fused-ring (bicyclic) bond motifs is 1. The summed E-state index contributed by atoms with van der Waals surface area (Å²) in [5.74, 6) is 0.454. The van der Waals surface area contributed by atoms with Crippen molar-refractivity contribution >= 4 is 30.0 Å². The van der Waals surface area contributed by atoms with Crippen molar-refractivity contribution in [2.24, 2.45) is 0 Å². The second-order valence-electron chi connectivity index (χ2n) is 5.13. The first-order chi connectivity index (χ1) is 11.4. The molecule has 3 rings (SSSR count). The number of hydrogen-bond acceptors (Lipinski definition) is 6. The van der Waals surface area contributed by atoms with Crippen LogP contribution in [0.4, 0.5) is 11.4 Å². The summed E-state index contributed by atoms with van der Waals surface area (Å²) in [5.41, 5.74) is 2.50. The molecule has 0 atom stereocenters. The molecular formula is C15H15N4O4P. The van der Waals surface area contributed by atoms with Gasteiger partial charge in [0.15, 0.2) is 5.65 Å². The van der Waals surface area contributed by atoms with Gasteiger partial charge in [0.25, 0.3) is 0 Å². The number of pyridine rings is 1. The third kappa shape index (κ3) is 3.86. The van der Waals surface area contributed by atoms with Crippen molar-refractivity contribution in [1.82, 2.24) is 15.2 Å². The van der Waals surface area contributed by atoms with Crippen molar-refractivity contribution in [2.45, 2.75) is 6.16 Å². The lowest BCUT2D eigenvalue weighted by Crippen LogP contribution is -1.97. The summed E-state index contributed by atoms with van der Waals surface area (Å²) in [5, 5.41) is 11.9. The molecule has 0 aliphatic carbocycles. The minimum Gasteiger partial charge on any atom is -0.481 e. The number of nitrogens with one attached hydrogen (secondary N) is 1. The predicted octanol–water partition coefficient (Wildman–Crippen LogP) is 2.45. The summed E-state index contributed by atoms with van der Waals surface area (Å²) >= 11 is 0. The first kappa shape index (κ1) is 16.3. The first-order valence-electron chi connectivity index (χ1n) is 7.01. The van der Waals surface area contributed by atoms with E-state index in [0.29, 0.717) is 17.1 Å². The van der Waals surface area contributed by atoms with Gasteiger partial charge in [-0.05, 0) is 23.8 Å². The van der Waals surface area contributed by atoms with Gasteiger partial charge in [0, 0.05) is 17.1 Å². The van der Waals surface area contributed by atoms with Crippen LogP contribution in [0, 0.1) is 0 Å². The molecule has 0 saturated carbocycles. The third-order valence-corrected chi connectivity index (χ3v) is 4.09. The lowest BCUT2D eigenvalue weighted by atomic mass is 10.2. The smallest absolute Gasteiger partial charge is 0.329 e. The van der Waals surface area contributed by atoms with Crippen LogP contribution in [-0.2, 0) is 10.7 Å². The van der Waals surface area contributed by atoms with Crippen molar-refractivity contribution in [3.8, 4) is 5.88 Å². The van der Waals surface area contributed by atoms with Gasteiger partial charge in [-0.3, -0.25) is 4.57 Å². The number of benzene rings is 1. The molecule has 1 aromatic carbocycles. The van der Waals surface area contributed by atoms with Crippen LogP contribution in [0.25, 0.3) is 11.0 Å². The summed E-state index contributed by atoms with van der Waals surface area (Å²) in [7, 11) is -2.54. The standard InChI is InChI=1S/C15H15N4O4P/c1-23-14-7-6-12-13(8-16-19-15(12)18-14)17-11-4-2-10(3-5-11)9-24(20,21)22/h2-8H,9H2,1H3,(H,17,18,19)(H2,20,21,22). The van der Waals surface area contributed by atoms with Crippen LogP contribution in [0.5, 0.6) is 5.88 Å². The topological polar surface area (TPSA) is 117 Å². The molecular weight excluding hydrogens is 331 g/mol. The van der Waals surface area contributed by atoms with E-state index < -0.39 is 7.60 Å². The van der Waals surface area contributed by atoms with Gasteiger partial charge < -0.3 is 19.8 Å². The number of hydrogen-bond donors (Lipinski definition) is 3. The Morgan fingerprint density at radius 1 is 1.17 bits per heavy atom. The van der Waals surface area contributed by atoms with Crippen LogP contribution >= 0.6 is 7.60 Å². The van der Waals surface area contributed by atoms with Gasteiger partial charge in [0.05, 0.1) is 25.2 Å². The van der Waals surface area contributed by atoms with Crippen LogP contribution in [-0.4, -0.2) is 32.1 Å². The molecule has 24 heavy (non-hydrogen) atoms. The van der Waals surface area contributed by atoms with Crippen molar-refractivity contribution in [3.63, 3.8) is 0 Å². The number of aromatic nitrogens is 3. The van der Waals surface area contributed by atoms with Gasteiger partial charge in [-0.15, -0.1) is 5.10 Å². The Morgan fingerprint density at radius 3 is 2.58 bits per heavy atom. The number of methoxy groups -OCH3 is 1. The van der Waals surface area contributed by atoms with E-state index >= 15 is 0 Å². The molecule has 0 unspecified atom stereocenters. The molecule has 0 amide bonds. The van der Waals surface area contributed by atoms with Gasteiger partial charge in [-0.25, -0.2) is 0 Å². The average molecular weight is 346 g/mol. The van der Waals surface area contributed by atoms with Crippen molar-refractivity contribution in [1.29, 1.82) is 0 Å². The Morgan fingerprint density at radius 2 is 1.92 bits per heavy atom. The van der Waals surface area contributed by atoms with E-state index in [4.69, 9.17) is 14.5 Å². The highest BCUT2D eigenvalue weighted by Crippen LogP contribution is 2.39. The highest BCUT2D eigenvalue weighted by molar-refractivity contribution is 7.50. The zero-order valence-electron chi connectivity index (χ0n) is 12.7. The fraction of sp³-hybridized carbons (Fsp3) is 0.133. The van der Waals surface area contributed by atoms with E-state index in [2.05, 4.69) is 20.5 Å². The Hall–Kier alpha value is -2.54. The van der Waals surface area contributed by atoms with Crippen molar-refractivity contribution in [3.05, 3.63) is 48.2 Å². The quantitative estimate of drug-likeness (QED) is 0.603. The molecule has 3 N–H and O–H groups in total. The van der Waals surface area contributed by atoms with Crippen LogP contribution in [0.1, 0.15) is 5.56 Å². The molecule has 0 saturated heterocycles. The molecule has 0 aliphatic rings. The second-order valence-corrected chi connectivity index (χ2v) is 6.77. The van der Waals surface area contributed by atoms with E-state index in [0.717, 1.165) is 16.8 Å². The predicted molar refractivity (Wildman–Crippen MR) is 89.4 cm³/mol.